The Morgan fingerprint density at radius 1 is 1.50 bits per heavy atom. The fraction of sp³-hybridized carbons (Fsp3) is 0.583. The van der Waals surface area contributed by atoms with Gasteiger partial charge in [-0.05, 0) is 38.1 Å². The number of rotatable bonds is 3. The topological polar surface area (TPSA) is 16.1 Å². The van der Waals surface area contributed by atoms with Crippen molar-refractivity contribution in [3.8, 4) is 0 Å². The van der Waals surface area contributed by atoms with Crippen molar-refractivity contribution >= 4 is 0 Å². The SMILES string of the molecule is CCCN1CCC(c2ccccn2)C1. The van der Waals surface area contributed by atoms with Crippen LogP contribution >= 0.6 is 0 Å². The van der Waals surface area contributed by atoms with Gasteiger partial charge in [0.05, 0.1) is 0 Å². The third-order valence-electron chi connectivity index (χ3n) is 2.92. The summed E-state index contributed by atoms with van der Waals surface area (Å²) in [7, 11) is 0. The second-order valence-corrected chi connectivity index (χ2v) is 4.04. The van der Waals surface area contributed by atoms with E-state index in [0.717, 1.165) is 0 Å². The fourth-order valence-corrected chi connectivity index (χ4v) is 2.21. The van der Waals surface area contributed by atoms with E-state index in [1.807, 2.05) is 12.3 Å². The molecule has 0 aliphatic carbocycles. The van der Waals surface area contributed by atoms with Gasteiger partial charge in [-0.25, -0.2) is 0 Å². The molecule has 0 spiro atoms. The molecule has 0 N–H and O–H groups in total. The highest BCUT2D eigenvalue weighted by molar-refractivity contribution is 5.11. The molecule has 2 nitrogen and oxygen atoms in total. The fourth-order valence-electron chi connectivity index (χ4n) is 2.21. The molecule has 0 radical (unpaired) electrons. The van der Waals surface area contributed by atoms with Crippen molar-refractivity contribution in [1.29, 1.82) is 0 Å². The minimum absolute atomic E-state index is 0.669. The van der Waals surface area contributed by atoms with Gasteiger partial charge in [0, 0.05) is 24.4 Å². The lowest BCUT2D eigenvalue weighted by molar-refractivity contribution is 0.334. The molecule has 1 unspecified atom stereocenters. The first-order valence-corrected chi connectivity index (χ1v) is 5.53. The Hall–Kier alpha value is -0.890. The minimum Gasteiger partial charge on any atom is -0.303 e. The normalized spacial score (nSPS) is 22.8. The molecule has 1 aromatic heterocycles. The van der Waals surface area contributed by atoms with Crippen molar-refractivity contribution in [2.75, 3.05) is 19.6 Å². The number of nitrogens with zero attached hydrogens (tertiary/aromatic N) is 2. The maximum absolute atomic E-state index is 4.43. The van der Waals surface area contributed by atoms with Gasteiger partial charge in [-0.3, -0.25) is 4.98 Å². The highest BCUT2D eigenvalue weighted by Crippen LogP contribution is 2.25. The first-order valence-electron chi connectivity index (χ1n) is 5.53. The average molecular weight is 190 g/mol. The molecule has 1 aromatic rings. The van der Waals surface area contributed by atoms with Gasteiger partial charge in [0.15, 0.2) is 0 Å². The van der Waals surface area contributed by atoms with E-state index in [9.17, 15) is 0 Å². The predicted molar refractivity (Wildman–Crippen MR) is 58.3 cm³/mol. The van der Waals surface area contributed by atoms with Crippen LogP contribution in [0.15, 0.2) is 24.4 Å². The van der Waals surface area contributed by atoms with Gasteiger partial charge < -0.3 is 4.90 Å². The van der Waals surface area contributed by atoms with E-state index >= 15 is 0 Å². The van der Waals surface area contributed by atoms with Crippen LogP contribution in [0.25, 0.3) is 0 Å². The molecule has 0 aromatic carbocycles. The molecular weight excluding hydrogens is 172 g/mol. The van der Waals surface area contributed by atoms with Gasteiger partial charge in [0.1, 0.15) is 0 Å². The van der Waals surface area contributed by atoms with Crippen molar-refractivity contribution in [2.45, 2.75) is 25.7 Å². The molecule has 2 heterocycles. The number of aromatic nitrogens is 1. The smallest absolute Gasteiger partial charge is 0.0447 e. The summed E-state index contributed by atoms with van der Waals surface area (Å²) < 4.78 is 0. The van der Waals surface area contributed by atoms with Crippen LogP contribution in [0.4, 0.5) is 0 Å². The zero-order valence-corrected chi connectivity index (χ0v) is 8.82. The van der Waals surface area contributed by atoms with Crippen LogP contribution in [0, 0.1) is 0 Å². The molecule has 1 saturated heterocycles. The molecule has 1 aliphatic heterocycles. The molecule has 1 atom stereocenters. The summed E-state index contributed by atoms with van der Waals surface area (Å²) in [5, 5.41) is 0. The molecule has 0 bridgehead atoms. The van der Waals surface area contributed by atoms with Gasteiger partial charge >= 0.3 is 0 Å². The van der Waals surface area contributed by atoms with Crippen molar-refractivity contribution in [3.05, 3.63) is 30.1 Å². The third kappa shape index (κ3) is 2.13. The molecule has 14 heavy (non-hydrogen) atoms. The molecule has 0 saturated carbocycles. The van der Waals surface area contributed by atoms with E-state index in [4.69, 9.17) is 0 Å². The van der Waals surface area contributed by atoms with E-state index in [2.05, 4.69) is 28.9 Å². The van der Waals surface area contributed by atoms with E-state index in [1.165, 1.54) is 38.2 Å². The minimum atomic E-state index is 0.669. The predicted octanol–water partition coefficient (Wildman–Crippen LogP) is 2.28. The van der Waals surface area contributed by atoms with Gasteiger partial charge in [0.2, 0.25) is 0 Å². The summed E-state index contributed by atoms with van der Waals surface area (Å²) in [6.07, 6.45) is 4.43. The zero-order chi connectivity index (χ0) is 9.80. The zero-order valence-electron chi connectivity index (χ0n) is 8.82. The second kappa shape index (κ2) is 4.56. The lowest BCUT2D eigenvalue weighted by Crippen LogP contribution is -2.21. The summed E-state index contributed by atoms with van der Waals surface area (Å²) in [6, 6.07) is 6.23. The van der Waals surface area contributed by atoms with Crippen molar-refractivity contribution in [2.24, 2.45) is 0 Å². The van der Waals surface area contributed by atoms with Crippen LogP contribution in [0.1, 0.15) is 31.4 Å². The highest BCUT2D eigenvalue weighted by Gasteiger charge is 2.23. The maximum atomic E-state index is 4.43. The number of hydrogen-bond acceptors (Lipinski definition) is 2. The van der Waals surface area contributed by atoms with Crippen LogP contribution in [-0.4, -0.2) is 29.5 Å². The Balaban J connectivity index is 1.96. The standard InChI is InChI=1S/C12H18N2/c1-2-8-14-9-6-11(10-14)12-5-3-4-7-13-12/h3-5,7,11H,2,6,8-10H2,1H3. The van der Waals surface area contributed by atoms with Gasteiger partial charge in [0.25, 0.3) is 0 Å². The van der Waals surface area contributed by atoms with Gasteiger partial charge in [-0.15, -0.1) is 0 Å². The van der Waals surface area contributed by atoms with Crippen LogP contribution in [0.3, 0.4) is 0 Å². The Bertz CT molecular complexity index is 271. The summed E-state index contributed by atoms with van der Waals surface area (Å²) in [6.45, 7) is 5.93. The lowest BCUT2D eigenvalue weighted by atomic mass is 10.0. The molecular formula is C12H18N2. The summed E-state index contributed by atoms with van der Waals surface area (Å²) in [5.74, 6) is 0.669. The summed E-state index contributed by atoms with van der Waals surface area (Å²) in [4.78, 5) is 6.97. The summed E-state index contributed by atoms with van der Waals surface area (Å²) >= 11 is 0. The van der Waals surface area contributed by atoms with E-state index in [1.54, 1.807) is 0 Å². The number of pyridine rings is 1. The van der Waals surface area contributed by atoms with Crippen molar-refractivity contribution in [1.82, 2.24) is 9.88 Å². The van der Waals surface area contributed by atoms with Crippen LogP contribution in [-0.2, 0) is 0 Å². The van der Waals surface area contributed by atoms with Gasteiger partial charge in [-0.2, -0.15) is 0 Å². The van der Waals surface area contributed by atoms with Crippen LogP contribution in [0.2, 0.25) is 0 Å². The first-order chi connectivity index (χ1) is 6.90. The largest absolute Gasteiger partial charge is 0.303 e. The van der Waals surface area contributed by atoms with Crippen molar-refractivity contribution < 1.29 is 0 Å². The Kier molecular flexibility index (Phi) is 3.14. The number of likely N-dealkylation sites (tertiary alicyclic amines) is 1. The first kappa shape index (κ1) is 9.66. The van der Waals surface area contributed by atoms with Crippen molar-refractivity contribution in [3.63, 3.8) is 0 Å². The van der Waals surface area contributed by atoms with E-state index < -0.39 is 0 Å². The Morgan fingerprint density at radius 2 is 2.43 bits per heavy atom. The van der Waals surface area contributed by atoms with E-state index in [0.29, 0.717) is 5.92 Å². The van der Waals surface area contributed by atoms with E-state index in [-0.39, 0.29) is 0 Å². The Morgan fingerprint density at radius 3 is 3.14 bits per heavy atom. The quantitative estimate of drug-likeness (QED) is 0.727. The number of hydrogen-bond donors (Lipinski definition) is 0. The Labute approximate surface area is 86.0 Å². The molecule has 76 valence electrons. The van der Waals surface area contributed by atoms with Crippen LogP contribution < -0.4 is 0 Å². The highest BCUT2D eigenvalue weighted by atomic mass is 15.1. The molecule has 1 aliphatic rings. The molecule has 2 heteroatoms. The molecule has 2 rings (SSSR count). The monoisotopic (exact) mass is 190 g/mol. The lowest BCUT2D eigenvalue weighted by Gasteiger charge is -2.14. The summed E-state index contributed by atoms with van der Waals surface area (Å²) in [5.41, 5.74) is 1.27. The second-order valence-electron chi connectivity index (χ2n) is 4.04. The average Bonchev–Trinajstić information content (AvgIpc) is 2.68. The van der Waals surface area contributed by atoms with Crippen LogP contribution in [0.5, 0.6) is 0 Å². The third-order valence-corrected chi connectivity index (χ3v) is 2.92. The van der Waals surface area contributed by atoms with Gasteiger partial charge in [-0.1, -0.05) is 13.0 Å². The molecule has 1 fully saturated rings. The maximum Gasteiger partial charge on any atom is 0.0447 e. The molecule has 0 amide bonds.